The Kier molecular flexibility index (Phi) is 4.62. The fourth-order valence-electron chi connectivity index (χ4n) is 1.77. The van der Waals surface area contributed by atoms with E-state index in [0.29, 0.717) is 5.69 Å². The van der Waals surface area contributed by atoms with E-state index in [1.165, 1.54) is 6.07 Å². The van der Waals surface area contributed by atoms with E-state index in [4.69, 9.17) is 23.2 Å². The van der Waals surface area contributed by atoms with Gasteiger partial charge in [-0.25, -0.2) is 0 Å². The normalized spacial score (nSPS) is 10.4. The molecule has 0 aliphatic heterocycles. The Morgan fingerprint density at radius 1 is 1.20 bits per heavy atom. The van der Waals surface area contributed by atoms with Crippen LogP contribution in [0.2, 0.25) is 10.3 Å². The molecule has 0 unspecified atom stereocenters. The van der Waals surface area contributed by atoms with Crippen LogP contribution in [0.5, 0.6) is 0 Å². The van der Waals surface area contributed by atoms with Crippen molar-refractivity contribution in [3.05, 3.63) is 49.7 Å². The zero-order valence-electron chi connectivity index (χ0n) is 10.7. The van der Waals surface area contributed by atoms with Gasteiger partial charge in [-0.3, -0.25) is 4.79 Å². The average molecular weight is 375 g/mol. The number of anilines is 1. The maximum atomic E-state index is 12.2. The van der Waals surface area contributed by atoms with E-state index < -0.39 is 0 Å². The minimum atomic E-state index is -0.389. The zero-order valence-corrected chi connectivity index (χ0v) is 13.8. The Morgan fingerprint density at radius 3 is 2.55 bits per heavy atom. The summed E-state index contributed by atoms with van der Waals surface area (Å²) in [7, 11) is 0. The molecule has 0 aliphatic carbocycles. The van der Waals surface area contributed by atoms with Gasteiger partial charge in [0.25, 0.3) is 5.91 Å². The van der Waals surface area contributed by atoms with Crippen molar-refractivity contribution in [2.75, 3.05) is 5.32 Å². The van der Waals surface area contributed by atoms with Crippen LogP contribution in [0, 0.1) is 13.8 Å². The van der Waals surface area contributed by atoms with E-state index in [1.807, 2.05) is 26.0 Å². The number of aromatic nitrogens is 2. The molecular formula is C13H10BrCl2N3O. The third-order valence-electron chi connectivity index (χ3n) is 2.63. The lowest BCUT2D eigenvalue weighted by molar-refractivity contribution is 0.102. The van der Waals surface area contributed by atoms with Crippen LogP contribution in [0.3, 0.4) is 0 Å². The summed E-state index contributed by atoms with van der Waals surface area (Å²) in [5, 5.41) is 10.1. The molecule has 2 rings (SSSR count). The lowest BCUT2D eigenvalue weighted by atomic mass is 10.1. The fourth-order valence-corrected chi connectivity index (χ4v) is 2.87. The highest BCUT2D eigenvalue weighted by molar-refractivity contribution is 9.10. The Labute approximate surface area is 134 Å². The van der Waals surface area contributed by atoms with Crippen molar-refractivity contribution in [3.8, 4) is 0 Å². The van der Waals surface area contributed by atoms with E-state index in [2.05, 4.69) is 31.4 Å². The molecule has 1 N–H and O–H groups in total. The number of nitrogens with zero attached hydrogens (tertiary/aromatic N) is 2. The summed E-state index contributed by atoms with van der Waals surface area (Å²) in [5.74, 6) is -0.389. The number of hydrogen-bond acceptors (Lipinski definition) is 3. The standard InChI is InChI=1S/C13H10BrCl2N3O/c1-6-3-7(2)11(9(14)4-6)17-13(20)8-5-10(15)18-19-12(8)16/h3-5H,1-2H3,(H,17,20). The van der Waals surface area contributed by atoms with Gasteiger partial charge in [-0.1, -0.05) is 29.3 Å². The Morgan fingerprint density at radius 2 is 1.90 bits per heavy atom. The molecule has 1 aromatic heterocycles. The van der Waals surface area contributed by atoms with Gasteiger partial charge in [0.2, 0.25) is 0 Å². The first-order valence-electron chi connectivity index (χ1n) is 5.65. The number of benzene rings is 1. The summed E-state index contributed by atoms with van der Waals surface area (Å²) >= 11 is 15.0. The number of aryl methyl sites for hydroxylation is 2. The van der Waals surface area contributed by atoms with Crippen LogP contribution in [0.15, 0.2) is 22.7 Å². The van der Waals surface area contributed by atoms with E-state index in [0.717, 1.165) is 15.6 Å². The van der Waals surface area contributed by atoms with Crippen molar-refractivity contribution < 1.29 is 4.79 Å². The molecule has 0 bridgehead atoms. The highest BCUT2D eigenvalue weighted by Gasteiger charge is 2.15. The van der Waals surface area contributed by atoms with Gasteiger partial charge in [0, 0.05) is 4.47 Å². The molecule has 1 aromatic carbocycles. The predicted molar refractivity (Wildman–Crippen MR) is 83.6 cm³/mol. The van der Waals surface area contributed by atoms with Gasteiger partial charge in [0.1, 0.15) is 0 Å². The lowest BCUT2D eigenvalue weighted by Gasteiger charge is -2.12. The number of carbonyl (C=O) groups is 1. The average Bonchev–Trinajstić information content (AvgIpc) is 2.36. The van der Waals surface area contributed by atoms with Crippen molar-refractivity contribution in [2.45, 2.75) is 13.8 Å². The molecule has 104 valence electrons. The molecule has 0 radical (unpaired) electrons. The van der Waals surface area contributed by atoms with E-state index in [1.54, 1.807) is 0 Å². The van der Waals surface area contributed by atoms with Crippen molar-refractivity contribution in [2.24, 2.45) is 0 Å². The van der Waals surface area contributed by atoms with Crippen LogP contribution < -0.4 is 5.32 Å². The number of nitrogens with one attached hydrogen (secondary N) is 1. The number of halogens is 3. The highest BCUT2D eigenvalue weighted by Crippen LogP contribution is 2.28. The maximum absolute atomic E-state index is 12.2. The van der Waals surface area contributed by atoms with Crippen LogP contribution in [0.25, 0.3) is 0 Å². The van der Waals surface area contributed by atoms with Gasteiger partial charge in [-0.05, 0) is 53.0 Å². The molecule has 0 fully saturated rings. The molecule has 7 heteroatoms. The molecule has 0 aliphatic rings. The van der Waals surface area contributed by atoms with Crippen molar-refractivity contribution in [1.82, 2.24) is 10.2 Å². The summed E-state index contributed by atoms with van der Waals surface area (Å²) in [5.41, 5.74) is 2.90. The molecule has 20 heavy (non-hydrogen) atoms. The SMILES string of the molecule is Cc1cc(C)c(NC(=O)c2cc(Cl)nnc2Cl)c(Br)c1. The zero-order chi connectivity index (χ0) is 14.9. The van der Waals surface area contributed by atoms with Crippen molar-refractivity contribution >= 4 is 50.7 Å². The smallest absolute Gasteiger partial charge is 0.259 e. The largest absolute Gasteiger partial charge is 0.321 e. The molecule has 1 heterocycles. The van der Waals surface area contributed by atoms with Crippen LogP contribution in [-0.4, -0.2) is 16.1 Å². The molecular weight excluding hydrogens is 365 g/mol. The summed E-state index contributed by atoms with van der Waals surface area (Å²) in [6.07, 6.45) is 0. The Bertz CT molecular complexity index is 668. The molecule has 2 aromatic rings. The number of hydrogen-bond donors (Lipinski definition) is 1. The topological polar surface area (TPSA) is 54.9 Å². The van der Waals surface area contributed by atoms with Crippen LogP contribution >= 0.6 is 39.1 Å². The minimum absolute atomic E-state index is 0.00721. The van der Waals surface area contributed by atoms with E-state index >= 15 is 0 Å². The summed E-state index contributed by atoms with van der Waals surface area (Å²) in [6, 6.07) is 5.27. The third kappa shape index (κ3) is 3.29. The first-order valence-corrected chi connectivity index (χ1v) is 7.20. The highest BCUT2D eigenvalue weighted by atomic mass is 79.9. The second kappa shape index (κ2) is 6.08. The maximum Gasteiger partial charge on any atom is 0.259 e. The van der Waals surface area contributed by atoms with E-state index in [-0.39, 0.29) is 21.8 Å². The molecule has 0 spiro atoms. The number of amides is 1. The number of rotatable bonds is 2. The summed E-state index contributed by atoms with van der Waals surface area (Å²) in [4.78, 5) is 12.2. The molecule has 0 saturated carbocycles. The molecule has 0 atom stereocenters. The summed E-state index contributed by atoms with van der Waals surface area (Å²) in [6.45, 7) is 3.89. The van der Waals surface area contributed by atoms with Crippen molar-refractivity contribution in [1.29, 1.82) is 0 Å². The molecule has 0 saturated heterocycles. The third-order valence-corrected chi connectivity index (χ3v) is 3.72. The fraction of sp³-hybridized carbons (Fsp3) is 0.154. The second-order valence-corrected chi connectivity index (χ2v) is 5.86. The lowest BCUT2D eigenvalue weighted by Crippen LogP contribution is -2.15. The van der Waals surface area contributed by atoms with Gasteiger partial charge in [0.05, 0.1) is 11.3 Å². The minimum Gasteiger partial charge on any atom is -0.321 e. The van der Waals surface area contributed by atoms with E-state index in [9.17, 15) is 4.79 Å². The summed E-state index contributed by atoms with van der Waals surface area (Å²) < 4.78 is 0.799. The first kappa shape index (κ1) is 15.2. The Hall–Kier alpha value is -1.17. The number of carbonyl (C=O) groups excluding carboxylic acids is 1. The van der Waals surface area contributed by atoms with Crippen molar-refractivity contribution in [3.63, 3.8) is 0 Å². The van der Waals surface area contributed by atoms with Gasteiger partial charge in [-0.15, -0.1) is 10.2 Å². The van der Waals surface area contributed by atoms with Crippen LogP contribution in [0.1, 0.15) is 21.5 Å². The van der Waals surface area contributed by atoms with Crippen LogP contribution in [0.4, 0.5) is 5.69 Å². The first-order chi connectivity index (χ1) is 9.38. The van der Waals surface area contributed by atoms with Gasteiger partial charge >= 0.3 is 0 Å². The Balaban J connectivity index is 2.35. The van der Waals surface area contributed by atoms with Crippen LogP contribution in [-0.2, 0) is 0 Å². The predicted octanol–water partition coefficient (Wildman–Crippen LogP) is 4.42. The monoisotopic (exact) mass is 373 g/mol. The van der Waals surface area contributed by atoms with Gasteiger partial charge in [0.15, 0.2) is 10.3 Å². The van der Waals surface area contributed by atoms with Gasteiger partial charge in [-0.2, -0.15) is 0 Å². The molecule has 1 amide bonds. The molecule has 4 nitrogen and oxygen atoms in total. The van der Waals surface area contributed by atoms with Gasteiger partial charge < -0.3 is 5.32 Å². The second-order valence-electron chi connectivity index (χ2n) is 4.26. The quantitative estimate of drug-likeness (QED) is 0.846.